The fraction of sp³-hybridized carbons (Fsp3) is 0.304. The minimum absolute atomic E-state index is 0.0598. The number of ether oxygens (including phenoxy) is 2. The molecule has 1 aliphatic heterocycles. The zero-order valence-corrected chi connectivity index (χ0v) is 17.7. The number of Topliss-reactive ketones (excluding diaryl/α,β-unsaturated/α-hetero) is 1. The first kappa shape index (κ1) is 20.7. The van der Waals surface area contributed by atoms with Gasteiger partial charge in [-0.3, -0.25) is 4.79 Å². The number of aromatic nitrogens is 2. The number of aromatic amines is 1. The molecule has 0 amide bonds. The van der Waals surface area contributed by atoms with Crippen molar-refractivity contribution >= 4 is 28.1 Å². The third-order valence-corrected chi connectivity index (χ3v) is 5.55. The molecule has 162 valence electrons. The lowest BCUT2D eigenvalue weighted by Crippen LogP contribution is -2.36. The van der Waals surface area contributed by atoms with Crippen molar-refractivity contribution in [3.05, 3.63) is 54.1 Å². The predicted octanol–water partition coefficient (Wildman–Crippen LogP) is 2.79. The van der Waals surface area contributed by atoms with E-state index in [0.29, 0.717) is 41.7 Å². The maximum absolute atomic E-state index is 13.5. The van der Waals surface area contributed by atoms with Crippen LogP contribution in [0.15, 0.2) is 48.3 Å². The molecule has 0 fully saturated rings. The van der Waals surface area contributed by atoms with Crippen molar-refractivity contribution in [3.8, 4) is 11.5 Å². The standard InChI is InChI=1S/C23H27N5O3/c1-30-15-11-14(12-16(13-15)31-2)28-19(9-5-6-10-24)21(29)20(22(28)25)23-26-17-7-3-4-8-18(17)27-23/h3-4,7-8,11-13,19H,5-6,9-10,24-25H2,1-2H3,(H,26,27). The van der Waals surface area contributed by atoms with Crippen molar-refractivity contribution in [2.75, 3.05) is 25.7 Å². The van der Waals surface area contributed by atoms with Gasteiger partial charge in [-0.2, -0.15) is 0 Å². The topological polar surface area (TPSA) is 119 Å². The van der Waals surface area contributed by atoms with Crippen LogP contribution in [0, 0.1) is 0 Å². The van der Waals surface area contributed by atoms with E-state index in [1.54, 1.807) is 20.3 Å². The van der Waals surface area contributed by atoms with Crippen LogP contribution in [0.5, 0.6) is 11.5 Å². The molecule has 0 radical (unpaired) electrons. The second kappa shape index (κ2) is 8.69. The van der Waals surface area contributed by atoms with Crippen LogP contribution in [0.1, 0.15) is 25.1 Å². The highest BCUT2D eigenvalue weighted by atomic mass is 16.5. The van der Waals surface area contributed by atoms with E-state index in [1.165, 1.54) is 0 Å². The van der Waals surface area contributed by atoms with Crippen molar-refractivity contribution < 1.29 is 14.3 Å². The van der Waals surface area contributed by atoms with Crippen molar-refractivity contribution in [1.29, 1.82) is 0 Å². The third kappa shape index (κ3) is 3.82. The van der Waals surface area contributed by atoms with E-state index in [9.17, 15) is 4.79 Å². The fourth-order valence-electron chi connectivity index (χ4n) is 4.00. The summed E-state index contributed by atoms with van der Waals surface area (Å²) in [4.78, 5) is 23.2. The average Bonchev–Trinajstić information content (AvgIpc) is 3.31. The van der Waals surface area contributed by atoms with Gasteiger partial charge in [0.05, 0.1) is 37.0 Å². The Balaban J connectivity index is 1.82. The number of nitrogens with one attached hydrogen (secondary N) is 1. The van der Waals surface area contributed by atoms with E-state index >= 15 is 0 Å². The minimum atomic E-state index is -0.452. The Morgan fingerprint density at radius 3 is 2.45 bits per heavy atom. The van der Waals surface area contributed by atoms with Crippen LogP contribution in [0.2, 0.25) is 0 Å². The molecule has 1 unspecified atom stereocenters. The molecule has 31 heavy (non-hydrogen) atoms. The molecule has 0 aliphatic carbocycles. The summed E-state index contributed by atoms with van der Waals surface area (Å²) >= 11 is 0. The van der Waals surface area contributed by atoms with Crippen molar-refractivity contribution in [3.63, 3.8) is 0 Å². The highest BCUT2D eigenvalue weighted by Gasteiger charge is 2.41. The number of carbonyl (C=O) groups excluding carboxylic acids is 1. The number of ketones is 1. The molecular formula is C23H27N5O3. The van der Waals surface area contributed by atoms with E-state index in [-0.39, 0.29) is 5.78 Å². The zero-order chi connectivity index (χ0) is 22.0. The summed E-state index contributed by atoms with van der Waals surface area (Å²) in [5.74, 6) is 2.01. The Labute approximate surface area is 180 Å². The summed E-state index contributed by atoms with van der Waals surface area (Å²) in [7, 11) is 3.18. The molecule has 2 heterocycles. The SMILES string of the molecule is COc1cc(OC)cc(N2C(N)=C(c3nc4ccccc4[nH]3)C(=O)C2CCCCN)c1. The number of carbonyl (C=O) groups is 1. The van der Waals surface area contributed by atoms with Crippen molar-refractivity contribution in [2.24, 2.45) is 11.5 Å². The first-order valence-corrected chi connectivity index (χ1v) is 10.3. The van der Waals surface area contributed by atoms with E-state index in [0.717, 1.165) is 29.6 Å². The van der Waals surface area contributed by atoms with Crippen LogP contribution in [0.3, 0.4) is 0 Å². The summed E-state index contributed by atoms with van der Waals surface area (Å²) in [6, 6.07) is 12.7. The quantitative estimate of drug-likeness (QED) is 0.478. The molecule has 0 spiro atoms. The van der Waals surface area contributed by atoms with E-state index < -0.39 is 6.04 Å². The van der Waals surface area contributed by atoms with E-state index in [2.05, 4.69) is 9.97 Å². The third-order valence-electron chi connectivity index (χ3n) is 5.55. The number of anilines is 1. The molecule has 4 rings (SSSR count). The molecule has 0 saturated heterocycles. The summed E-state index contributed by atoms with van der Waals surface area (Å²) in [5.41, 5.74) is 15.0. The number of H-pyrrole nitrogens is 1. The average molecular weight is 422 g/mol. The smallest absolute Gasteiger partial charge is 0.193 e. The normalized spacial score (nSPS) is 16.4. The lowest BCUT2D eigenvalue weighted by Gasteiger charge is -2.27. The molecule has 3 aromatic rings. The highest BCUT2D eigenvalue weighted by Crippen LogP contribution is 2.39. The molecule has 1 aliphatic rings. The lowest BCUT2D eigenvalue weighted by molar-refractivity contribution is -0.114. The Hall–Kier alpha value is -3.52. The van der Waals surface area contributed by atoms with Crippen LogP contribution in [0.25, 0.3) is 16.6 Å². The van der Waals surface area contributed by atoms with Crippen LogP contribution >= 0.6 is 0 Å². The highest BCUT2D eigenvalue weighted by molar-refractivity contribution is 6.27. The molecule has 8 nitrogen and oxygen atoms in total. The maximum Gasteiger partial charge on any atom is 0.193 e. The van der Waals surface area contributed by atoms with Crippen molar-refractivity contribution in [1.82, 2.24) is 9.97 Å². The largest absolute Gasteiger partial charge is 0.497 e. The van der Waals surface area contributed by atoms with Gasteiger partial charge in [0.25, 0.3) is 0 Å². The van der Waals surface area contributed by atoms with Gasteiger partial charge in [-0.15, -0.1) is 0 Å². The number of nitrogens with zero attached hydrogens (tertiary/aromatic N) is 2. The number of unbranched alkanes of at least 4 members (excludes halogenated alkanes) is 1. The number of nitrogens with two attached hydrogens (primary N) is 2. The Morgan fingerprint density at radius 1 is 1.10 bits per heavy atom. The Bertz CT molecular complexity index is 1080. The van der Waals surface area contributed by atoms with Crippen LogP contribution in [-0.4, -0.2) is 42.6 Å². The summed E-state index contributed by atoms with van der Waals surface area (Å²) < 4.78 is 10.8. The first-order valence-electron chi connectivity index (χ1n) is 10.3. The molecular weight excluding hydrogens is 394 g/mol. The molecule has 2 aromatic carbocycles. The lowest BCUT2D eigenvalue weighted by atomic mass is 10.0. The van der Waals surface area contributed by atoms with Crippen LogP contribution < -0.4 is 25.8 Å². The summed E-state index contributed by atoms with van der Waals surface area (Å²) in [5, 5.41) is 0. The minimum Gasteiger partial charge on any atom is -0.497 e. The summed E-state index contributed by atoms with van der Waals surface area (Å²) in [6.45, 7) is 0.577. The van der Waals surface area contributed by atoms with Gasteiger partial charge in [0, 0.05) is 18.2 Å². The predicted molar refractivity (Wildman–Crippen MR) is 121 cm³/mol. The molecule has 0 bridgehead atoms. The number of hydrogen-bond acceptors (Lipinski definition) is 7. The zero-order valence-electron chi connectivity index (χ0n) is 17.7. The van der Waals surface area contributed by atoms with Gasteiger partial charge in [0.15, 0.2) is 5.78 Å². The monoisotopic (exact) mass is 421 g/mol. The Morgan fingerprint density at radius 2 is 1.81 bits per heavy atom. The van der Waals surface area contributed by atoms with Crippen LogP contribution in [0.4, 0.5) is 5.69 Å². The van der Waals surface area contributed by atoms with E-state index in [4.69, 9.17) is 20.9 Å². The maximum atomic E-state index is 13.5. The van der Waals surface area contributed by atoms with Crippen molar-refractivity contribution in [2.45, 2.75) is 25.3 Å². The first-order chi connectivity index (χ1) is 15.1. The number of methoxy groups -OCH3 is 2. The molecule has 1 atom stereocenters. The number of rotatable bonds is 8. The van der Waals surface area contributed by atoms with Gasteiger partial charge < -0.3 is 30.8 Å². The molecule has 5 N–H and O–H groups in total. The second-order valence-electron chi connectivity index (χ2n) is 7.47. The van der Waals surface area contributed by atoms with Gasteiger partial charge in [-0.1, -0.05) is 12.1 Å². The number of imidazole rings is 1. The molecule has 1 aromatic heterocycles. The number of para-hydroxylation sites is 2. The second-order valence-corrected chi connectivity index (χ2v) is 7.47. The fourth-order valence-corrected chi connectivity index (χ4v) is 4.00. The Kier molecular flexibility index (Phi) is 5.81. The van der Waals surface area contributed by atoms with E-state index in [1.807, 2.05) is 41.3 Å². The van der Waals surface area contributed by atoms with Crippen LogP contribution in [-0.2, 0) is 4.79 Å². The van der Waals surface area contributed by atoms with Gasteiger partial charge in [-0.05, 0) is 37.9 Å². The molecule has 0 saturated carbocycles. The van der Waals surface area contributed by atoms with Gasteiger partial charge >= 0.3 is 0 Å². The van der Waals surface area contributed by atoms with Gasteiger partial charge in [0.1, 0.15) is 28.7 Å². The number of hydrogen-bond donors (Lipinski definition) is 3. The van der Waals surface area contributed by atoms with Gasteiger partial charge in [0.2, 0.25) is 0 Å². The number of benzene rings is 2. The van der Waals surface area contributed by atoms with Gasteiger partial charge in [-0.25, -0.2) is 4.98 Å². The summed E-state index contributed by atoms with van der Waals surface area (Å²) in [6.07, 6.45) is 2.27. The molecule has 8 heteroatoms. The number of fused-ring (bicyclic) bond motifs is 1.